The summed E-state index contributed by atoms with van der Waals surface area (Å²) in [5, 5.41) is 4.60. The van der Waals surface area contributed by atoms with Crippen molar-refractivity contribution in [3.05, 3.63) is 26.5 Å². The van der Waals surface area contributed by atoms with Gasteiger partial charge in [0, 0.05) is 11.7 Å². The SMILES string of the molecule is ClC=C(Cl)Cn1cc(I)cn1. The minimum atomic E-state index is 0.536. The number of hydrogen-bond acceptors (Lipinski definition) is 1. The van der Waals surface area contributed by atoms with Crippen LogP contribution in [0.15, 0.2) is 23.0 Å². The molecule has 0 aromatic carbocycles. The maximum Gasteiger partial charge on any atom is 0.0775 e. The zero-order valence-electron chi connectivity index (χ0n) is 5.47. The fourth-order valence-electron chi connectivity index (χ4n) is 0.614. The van der Waals surface area contributed by atoms with Crippen LogP contribution in [0.5, 0.6) is 0 Å². The highest BCUT2D eigenvalue weighted by molar-refractivity contribution is 14.1. The Labute approximate surface area is 88.3 Å². The number of allylic oxidation sites excluding steroid dienone is 1. The van der Waals surface area contributed by atoms with E-state index >= 15 is 0 Å². The molecule has 60 valence electrons. The van der Waals surface area contributed by atoms with Crippen molar-refractivity contribution in [2.24, 2.45) is 0 Å². The fraction of sp³-hybridized carbons (Fsp3) is 0.167. The first-order valence-corrected chi connectivity index (χ1v) is 4.74. The molecule has 1 rings (SSSR count). The van der Waals surface area contributed by atoms with Gasteiger partial charge in [-0.05, 0) is 22.6 Å². The van der Waals surface area contributed by atoms with Gasteiger partial charge >= 0.3 is 0 Å². The molecule has 0 N–H and O–H groups in total. The molecule has 0 aliphatic heterocycles. The zero-order chi connectivity index (χ0) is 8.27. The van der Waals surface area contributed by atoms with Crippen LogP contribution in [-0.4, -0.2) is 9.78 Å². The molecule has 0 fully saturated rings. The van der Waals surface area contributed by atoms with Gasteiger partial charge in [-0.3, -0.25) is 4.68 Å². The van der Waals surface area contributed by atoms with E-state index < -0.39 is 0 Å². The van der Waals surface area contributed by atoms with Gasteiger partial charge in [0.15, 0.2) is 0 Å². The molecule has 0 saturated carbocycles. The first kappa shape index (κ1) is 9.35. The third-order valence-electron chi connectivity index (χ3n) is 1.03. The van der Waals surface area contributed by atoms with Gasteiger partial charge < -0.3 is 0 Å². The molecule has 1 aromatic rings. The largest absolute Gasteiger partial charge is 0.266 e. The number of halogens is 3. The normalized spacial score (nSPS) is 12.1. The highest BCUT2D eigenvalue weighted by Gasteiger charge is 1.96. The van der Waals surface area contributed by atoms with E-state index in [4.69, 9.17) is 23.2 Å². The summed E-state index contributed by atoms with van der Waals surface area (Å²) in [5.74, 6) is 0. The van der Waals surface area contributed by atoms with Gasteiger partial charge in [-0.25, -0.2) is 0 Å². The summed E-state index contributed by atoms with van der Waals surface area (Å²) in [6, 6.07) is 0. The van der Waals surface area contributed by atoms with Gasteiger partial charge in [0.25, 0.3) is 0 Å². The molecule has 0 aliphatic rings. The number of rotatable bonds is 2. The molecule has 1 heterocycles. The molecule has 0 saturated heterocycles. The van der Waals surface area contributed by atoms with E-state index in [2.05, 4.69) is 27.7 Å². The van der Waals surface area contributed by atoms with Crippen LogP contribution in [0.2, 0.25) is 0 Å². The highest BCUT2D eigenvalue weighted by Crippen LogP contribution is 2.08. The Hall–Kier alpha value is 0.260. The van der Waals surface area contributed by atoms with E-state index in [1.54, 1.807) is 10.9 Å². The Morgan fingerprint density at radius 1 is 1.82 bits per heavy atom. The lowest BCUT2D eigenvalue weighted by molar-refractivity contribution is 0.695. The molecule has 5 heteroatoms. The fourth-order valence-corrected chi connectivity index (χ4v) is 1.25. The quantitative estimate of drug-likeness (QED) is 0.768. The van der Waals surface area contributed by atoms with Crippen LogP contribution in [0.4, 0.5) is 0 Å². The predicted octanol–water partition coefficient (Wildman–Crippen LogP) is 2.81. The third-order valence-corrected chi connectivity index (χ3v) is 2.19. The summed E-state index contributed by atoms with van der Waals surface area (Å²) in [6.07, 6.45) is 3.66. The highest BCUT2D eigenvalue weighted by atomic mass is 127. The smallest absolute Gasteiger partial charge is 0.0775 e. The summed E-state index contributed by atoms with van der Waals surface area (Å²) in [6.45, 7) is 0.536. The van der Waals surface area contributed by atoms with Gasteiger partial charge in [-0.1, -0.05) is 23.2 Å². The summed E-state index contributed by atoms with van der Waals surface area (Å²) in [5.41, 5.74) is 1.34. The second-order valence-corrected chi connectivity index (χ2v) is 3.86. The van der Waals surface area contributed by atoms with E-state index in [-0.39, 0.29) is 0 Å². The van der Waals surface area contributed by atoms with Crippen molar-refractivity contribution < 1.29 is 0 Å². The van der Waals surface area contributed by atoms with Crippen molar-refractivity contribution in [1.82, 2.24) is 9.78 Å². The molecule has 0 radical (unpaired) electrons. The Morgan fingerprint density at radius 2 is 2.55 bits per heavy atom. The molecule has 0 aliphatic carbocycles. The summed E-state index contributed by atoms with van der Waals surface area (Å²) >= 11 is 13.2. The zero-order valence-corrected chi connectivity index (χ0v) is 9.14. The van der Waals surface area contributed by atoms with Crippen LogP contribution in [0.3, 0.4) is 0 Å². The first-order chi connectivity index (χ1) is 5.22. The topological polar surface area (TPSA) is 17.8 Å². The van der Waals surface area contributed by atoms with E-state index in [1.807, 2.05) is 6.20 Å². The molecular weight excluding hydrogens is 298 g/mol. The number of aromatic nitrogens is 2. The van der Waals surface area contributed by atoms with Crippen molar-refractivity contribution in [2.75, 3.05) is 0 Å². The molecule has 0 amide bonds. The molecule has 11 heavy (non-hydrogen) atoms. The average Bonchev–Trinajstić information content (AvgIpc) is 2.35. The molecule has 0 spiro atoms. The minimum absolute atomic E-state index is 0.536. The van der Waals surface area contributed by atoms with Gasteiger partial charge in [0.1, 0.15) is 0 Å². The van der Waals surface area contributed by atoms with E-state index in [0.29, 0.717) is 11.6 Å². The van der Waals surface area contributed by atoms with Gasteiger partial charge in [-0.15, -0.1) is 0 Å². The summed E-state index contributed by atoms with van der Waals surface area (Å²) in [4.78, 5) is 0. The van der Waals surface area contributed by atoms with Gasteiger partial charge in [-0.2, -0.15) is 5.10 Å². The summed E-state index contributed by atoms with van der Waals surface area (Å²) in [7, 11) is 0. The maximum absolute atomic E-state index is 5.67. The Morgan fingerprint density at radius 3 is 3.00 bits per heavy atom. The molecule has 0 atom stereocenters. The molecule has 0 unspecified atom stereocenters. The van der Waals surface area contributed by atoms with Crippen LogP contribution in [0, 0.1) is 3.57 Å². The molecule has 1 aromatic heterocycles. The van der Waals surface area contributed by atoms with Gasteiger partial charge in [0.2, 0.25) is 0 Å². The molecule has 2 nitrogen and oxygen atoms in total. The van der Waals surface area contributed by atoms with Crippen LogP contribution in [0.1, 0.15) is 0 Å². The van der Waals surface area contributed by atoms with Crippen LogP contribution in [-0.2, 0) is 6.54 Å². The lowest BCUT2D eigenvalue weighted by Gasteiger charge is -1.96. The predicted molar refractivity (Wildman–Crippen MR) is 54.7 cm³/mol. The monoisotopic (exact) mass is 302 g/mol. The number of hydrogen-bond donors (Lipinski definition) is 0. The second kappa shape index (κ2) is 4.33. The van der Waals surface area contributed by atoms with Crippen LogP contribution >= 0.6 is 45.8 Å². The Kier molecular flexibility index (Phi) is 3.68. The van der Waals surface area contributed by atoms with Crippen molar-refractivity contribution in [1.29, 1.82) is 0 Å². The van der Waals surface area contributed by atoms with Crippen molar-refractivity contribution in [3.63, 3.8) is 0 Å². The van der Waals surface area contributed by atoms with Crippen LogP contribution in [0.25, 0.3) is 0 Å². The van der Waals surface area contributed by atoms with Crippen molar-refractivity contribution in [2.45, 2.75) is 6.54 Å². The first-order valence-electron chi connectivity index (χ1n) is 2.85. The van der Waals surface area contributed by atoms with Crippen molar-refractivity contribution in [3.8, 4) is 0 Å². The lowest BCUT2D eigenvalue weighted by Crippen LogP contribution is -1.97. The van der Waals surface area contributed by atoms with E-state index in [9.17, 15) is 0 Å². The number of nitrogens with zero attached hydrogens (tertiary/aromatic N) is 2. The second-order valence-electron chi connectivity index (χ2n) is 1.91. The Bertz CT molecular complexity index is 269. The van der Waals surface area contributed by atoms with E-state index in [0.717, 1.165) is 3.57 Å². The van der Waals surface area contributed by atoms with Crippen molar-refractivity contribution >= 4 is 45.8 Å². The minimum Gasteiger partial charge on any atom is -0.266 e. The van der Waals surface area contributed by atoms with E-state index in [1.165, 1.54) is 5.54 Å². The third kappa shape index (κ3) is 3.01. The van der Waals surface area contributed by atoms with Crippen LogP contribution < -0.4 is 0 Å². The summed E-state index contributed by atoms with van der Waals surface area (Å²) < 4.78 is 2.81. The standard InChI is InChI=1S/C6H5Cl2IN2/c7-1-5(8)3-11-4-6(9)2-10-11/h1-2,4H,3H2. The Balaban J connectivity index is 2.65. The maximum atomic E-state index is 5.67. The lowest BCUT2D eigenvalue weighted by atomic mass is 10.6. The average molecular weight is 303 g/mol. The van der Waals surface area contributed by atoms with Gasteiger partial charge in [0.05, 0.1) is 21.3 Å². The molecule has 0 bridgehead atoms. The molecular formula is C6H5Cl2IN2.